The van der Waals surface area contributed by atoms with E-state index in [1.54, 1.807) is 41.3 Å². The van der Waals surface area contributed by atoms with E-state index in [2.05, 4.69) is 35.1 Å². The number of benzene rings is 3. The second-order valence-electron chi connectivity index (χ2n) is 9.11. The minimum absolute atomic E-state index is 0.0588. The molecule has 8 heteroatoms. The van der Waals surface area contributed by atoms with Crippen LogP contribution in [0.4, 0.5) is 11.4 Å². The molecule has 0 spiro atoms. The van der Waals surface area contributed by atoms with Gasteiger partial charge in [-0.15, -0.1) is 0 Å². The van der Waals surface area contributed by atoms with Gasteiger partial charge in [-0.25, -0.2) is 4.79 Å². The molecule has 1 fully saturated rings. The summed E-state index contributed by atoms with van der Waals surface area (Å²) in [5.74, 6) is -1.72. The Hall–Kier alpha value is -3.78. The first-order valence-corrected chi connectivity index (χ1v) is 13.4. The molecule has 1 atom stereocenters. The Morgan fingerprint density at radius 1 is 0.921 bits per heavy atom. The molecule has 1 aliphatic rings. The topological polar surface area (TPSA) is 92.8 Å². The molecular weight excluding hydrogens is 548 g/mol. The Bertz CT molecular complexity index is 1330. The predicted molar refractivity (Wildman–Crippen MR) is 149 cm³/mol. The number of Topliss-reactive ketones (excluding diaryl/α,β-unsaturated/α-hetero) is 1. The van der Waals surface area contributed by atoms with E-state index in [-0.39, 0.29) is 36.2 Å². The van der Waals surface area contributed by atoms with Gasteiger partial charge in [0, 0.05) is 34.4 Å². The zero-order valence-corrected chi connectivity index (χ0v) is 22.9. The van der Waals surface area contributed by atoms with Gasteiger partial charge in [-0.1, -0.05) is 60.1 Å². The maximum absolute atomic E-state index is 13.0. The summed E-state index contributed by atoms with van der Waals surface area (Å²) in [5, 5.41) is 2.85. The third-order valence-corrected chi connectivity index (χ3v) is 7.15. The van der Waals surface area contributed by atoms with Crippen LogP contribution in [0.25, 0.3) is 0 Å². The fourth-order valence-corrected chi connectivity index (χ4v) is 4.79. The zero-order valence-electron chi connectivity index (χ0n) is 21.3. The van der Waals surface area contributed by atoms with Crippen LogP contribution in [0.3, 0.4) is 0 Å². The molecule has 3 aromatic carbocycles. The lowest BCUT2D eigenvalue weighted by Crippen LogP contribution is -2.29. The summed E-state index contributed by atoms with van der Waals surface area (Å²) in [4.78, 5) is 52.2. The minimum Gasteiger partial charge on any atom is -0.454 e. The lowest BCUT2D eigenvalue weighted by atomic mass is 10.0. The van der Waals surface area contributed by atoms with Crippen molar-refractivity contribution in [2.24, 2.45) is 5.92 Å². The number of hydrogen-bond donors (Lipinski definition) is 1. The molecule has 38 heavy (non-hydrogen) atoms. The van der Waals surface area contributed by atoms with Gasteiger partial charge in [-0.3, -0.25) is 14.4 Å². The fraction of sp³-hybridized carbons (Fsp3) is 0.267. The normalized spacial score (nSPS) is 14.9. The number of carbonyl (C=O) groups is 4. The van der Waals surface area contributed by atoms with Crippen molar-refractivity contribution in [3.05, 3.63) is 93.5 Å². The van der Waals surface area contributed by atoms with Gasteiger partial charge >= 0.3 is 5.97 Å². The first-order chi connectivity index (χ1) is 18.3. The summed E-state index contributed by atoms with van der Waals surface area (Å²) < 4.78 is 6.00. The van der Waals surface area contributed by atoms with Crippen LogP contribution in [0.2, 0.25) is 0 Å². The lowest BCUT2D eigenvalue weighted by Gasteiger charge is -2.23. The summed E-state index contributed by atoms with van der Waals surface area (Å²) in [6, 6.07) is 19.1. The number of carbonyl (C=O) groups excluding carboxylic acids is 4. The molecule has 4 rings (SSSR count). The van der Waals surface area contributed by atoms with Crippen molar-refractivity contribution in [2.75, 3.05) is 23.4 Å². The van der Waals surface area contributed by atoms with E-state index in [0.717, 1.165) is 34.1 Å². The minimum atomic E-state index is -0.633. The van der Waals surface area contributed by atoms with E-state index in [0.29, 0.717) is 17.8 Å². The number of amides is 2. The maximum atomic E-state index is 13.0. The van der Waals surface area contributed by atoms with E-state index >= 15 is 0 Å². The largest absolute Gasteiger partial charge is 0.454 e. The number of aryl methyl sites for hydroxylation is 2. The Morgan fingerprint density at radius 3 is 2.13 bits per heavy atom. The molecule has 0 aromatic heterocycles. The number of ketones is 1. The summed E-state index contributed by atoms with van der Waals surface area (Å²) >= 11 is 3.31. The van der Waals surface area contributed by atoms with E-state index in [1.165, 1.54) is 12.1 Å². The molecule has 1 heterocycles. The molecular formula is C30H29BrN2O5. The van der Waals surface area contributed by atoms with Crippen LogP contribution < -0.4 is 10.2 Å². The highest BCUT2D eigenvalue weighted by Crippen LogP contribution is 2.33. The van der Waals surface area contributed by atoms with Gasteiger partial charge in [-0.05, 0) is 60.4 Å². The number of anilines is 2. The van der Waals surface area contributed by atoms with Crippen LogP contribution in [-0.4, -0.2) is 36.7 Å². The molecule has 1 N–H and O–H groups in total. The van der Waals surface area contributed by atoms with Gasteiger partial charge in [-0.2, -0.15) is 0 Å². The van der Waals surface area contributed by atoms with E-state index in [4.69, 9.17) is 4.74 Å². The quantitative estimate of drug-likeness (QED) is 0.264. The number of esters is 1. The summed E-state index contributed by atoms with van der Waals surface area (Å²) in [6.45, 7) is 4.07. The summed E-state index contributed by atoms with van der Waals surface area (Å²) in [5.41, 5.74) is 4.34. The molecule has 3 aromatic rings. The summed E-state index contributed by atoms with van der Waals surface area (Å²) in [6.07, 6.45) is 1.75. The molecule has 0 radical (unpaired) electrons. The van der Waals surface area contributed by atoms with Gasteiger partial charge in [0.15, 0.2) is 12.4 Å². The van der Waals surface area contributed by atoms with Crippen molar-refractivity contribution in [2.45, 2.75) is 33.1 Å². The highest BCUT2D eigenvalue weighted by atomic mass is 79.9. The zero-order chi connectivity index (χ0) is 27.2. The van der Waals surface area contributed by atoms with Crippen molar-refractivity contribution in [3.8, 4) is 0 Å². The van der Waals surface area contributed by atoms with Crippen LogP contribution in [0.1, 0.15) is 52.1 Å². The second-order valence-corrected chi connectivity index (χ2v) is 10.0. The van der Waals surface area contributed by atoms with Crippen molar-refractivity contribution in [3.63, 3.8) is 0 Å². The maximum Gasteiger partial charge on any atom is 0.338 e. The Morgan fingerprint density at radius 2 is 1.53 bits per heavy atom. The number of para-hydroxylation sites is 1. The third-order valence-electron chi connectivity index (χ3n) is 6.62. The number of nitrogens with one attached hydrogen (secondary N) is 1. The Balaban J connectivity index is 1.34. The lowest BCUT2D eigenvalue weighted by molar-refractivity contribution is -0.122. The molecule has 1 saturated heterocycles. The summed E-state index contributed by atoms with van der Waals surface area (Å²) in [7, 11) is 0. The van der Waals surface area contributed by atoms with Gasteiger partial charge < -0.3 is 15.0 Å². The second kappa shape index (κ2) is 12.2. The number of nitrogens with zero attached hydrogens (tertiary/aromatic N) is 1. The Labute approximate surface area is 230 Å². The van der Waals surface area contributed by atoms with Crippen LogP contribution in [0, 0.1) is 5.92 Å². The number of rotatable bonds is 9. The smallest absolute Gasteiger partial charge is 0.338 e. The number of ether oxygens (including phenoxy) is 1. The van der Waals surface area contributed by atoms with Gasteiger partial charge in [0.05, 0.1) is 11.5 Å². The molecule has 196 valence electrons. The van der Waals surface area contributed by atoms with Crippen molar-refractivity contribution in [1.82, 2.24) is 0 Å². The highest BCUT2D eigenvalue weighted by Gasteiger charge is 2.36. The third kappa shape index (κ3) is 6.19. The van der Waals surface area contributed by atoms with Crippen LogP contribution in [-0.2, 0) is 27.2 Å². The molecule has 0 bridgehead atoms. The van der Waals surface area contributed by atoms with Crippen molar-refractivity contribution >= 4 is 50.9 Å². The Kier molecular flexibility index (Phi) is 8.73. The molecule has 2 amide bonds. The van der Waals surface area contributed by atoms with Crippen LogP contribution >= 0.6 is 15.9 Å². The van der Waals surface area contributed by atoms with E-state index in [1.807, 2.05) is 18.2 Å². The van der Waals surface area contributed by atoms with Crippen LogP contribution in [0.15, 0.2) is 71.2 Å². The molecule has 1 aliphatic heterocycles. The first-order valence-electron chi connectivity index (χ1n) is 12.6. The van der Waals surface area contributed by atoms with Gasteiger partial charge in [0.2, 0.25) is 11.8 Å². The van der Waals surface area contributed by atoms with E-state index in [9.17, 15) is 19.2 Å². The average Bonchev–Trinajstić information content (AvgIpc) is 3.32. The van der Waals surface area contributed by atoms with Crippen molar-refractivity contribution < 1.29 is 23.9 Å². The molecule has 0 aliphatic carbocycles. The SMILES string of the molecule is CCc1cccc(CC)c1N1C[C@H](C(=O)Nc2ccc(C(=O)OCC(=O)c3ccc(Br)cc3)cc2)CC1=O. The van der Waals surface area contributed by atoms with E-state index < -0.39 is 11.9 Å². The molecule has 0 unspecified atom stereocenters. The average molecular weight is 577 g/mol. The fourth-order valence-electron chi connectivity index (χ4n) is 4.53. The predicted octanol–water partition coefficient (Wildman–Crippen LogP) is 5.61. The van der Waals surface area contributed by atoms with Crippen LogP contribution in [0.5, 0.6) is 0 Å². The van der Waals surface area contributed by atoms with Crippen molar-refractivity contribution in [1.29, 1.82) is 0 Å². The number of hydrogen-bond acceptors (Lipinski definition) is 5. The molecule has 0 saturated carbocycles. The standard InChI is InChI=1S/C30H29BrN2O5/c1-3-19-6-5-7-20(4-2)28(19)33-17-23(16-27(33)35)29(36)32-25-14-10-22(11-15-25)30(37)38-18-26(34)21-8-12-24(31)13-9-21/h5-15,23H,3-4,16-18H2,1-2H3,(H,32,36)/t23-/m1/s1. The highest BCUT2D eigenvalue weighted by molar-refractivity contribution is 9.10. The molecule has 7 nitrogen and oxygen atoms in total. The monoisotopic (exact) mass is 576 g/mol. The van der Waals surface area contributed by atoms with Gasteiger partial charge in [0.25, 0.3) is 0 Å². The number of halogens is 1. The van der Waals surface area contributed by atoms with Gasteiger partial charge in [0.1, 0.15) is 0 Å². The first kappa shape index (κ1) is 27.3.